The lowest BCUT2D eigenvalue weighted by molar-refractivity contribution is 0.273. The molecule has 1 N–H and O–H groups in total. The van der Waals surface area contributed by atoms with Gasteiger partial charge in [-0.1, -0.05) is 6.92 Å². The number of methoxy groups -OCH3 is 1. The van der Waals surface area contributed by atoms with Crippen LogP contribution in [0.4, 0.5) is 0 Å². The molecule has 21 heavy (non-hydrogen) atoms. The molecule has 0 fully saturated rings. The SMILES string of the molecule is CCC(CSC)N(C)S(=O)(=O)c1ccc(OC)c(CO)c1. The largest absolute Gasteiger partial charge is 0.496 e. The maximum atomic E-state index is 12.7. The van der Waals surface area contributed by atoms with Crippen LogP contribution in [0.25, 0.3) is 0 Å². The fourth-order valence-electron chi connectivity index (χ4n) is 2.07. The van der Waals surface area contributed by atoms with E-state index < -0.39 is 10.0 Å². The molecule has 120 valence electrons. The molecule has 1 atom stereocenters. The number of nitrogens with zero attached hydrogens (tertiary/aromatic N) is 1. The molecule has 0 aliphatic heterocycles. The second kappa shape index (κ2) is 8.03. The van der Waals surface area contributed by atoms with Crippen molar-refractivity contribution < 1.29 is 18.3 Å². The Bertz CT molecular complexity index is 560. The van der Waals surface area contributed by atoms with Gasteiger partial charge < -0.3 is 9.84 Å². The normalized spacial score (nSPS) is 13.4. The van der Waals surface area contributed by atoms with Gasteiger partial charge in [0.1, 0.15) is 5.75 Å². The molecule has 1 aromatic carbocycles. The van der Waals surface area contributed by atoms with E-state index in [9.17, 15) is 13.5 Å². The Kier molecular flexibility index (Phi) is 6.99. The van der Waals surface area contributed by atoms with Gasteiger partial charge in [0.05, 0.1) is 18.6 Å². The van der Waals surface area contributed by atoms with E-state index >= 15 is 0 Å². The first-order valence-corrected chi connectivity index (χ1v) is 9.50. The van der Waals surface area contributed by atoms with Crippen molar-refractivity contribution >= 4 is 21.8 Å². The van der Waals surface area contributed by atoms with Crippen molar-refractivity contribution in [2.24, 2.45) is 0 Å². The van der Waals surface area contributed by atoms with Gasteiger partial charge in [-0.3, -0.25) is 0 Å². The average molecular weight is 333 g/mol. The smallest absolute Gasteiger partial charge is 0.243 e. The average Bonchev–Trinajstić information content (AvgIpc) is 2.50. The van der Waals surface area contributed by atoms with Crippen LogP contribution in [-0.4, -0.2) is 50.0 Å². The molecule has 0 radical (unpaired) electrons. The summed E-state index contributed by atoms with van der Waals surface area (Å²) in [6.07, 6.45) is 2.71. The van der Waals surface area contributed by atoms with Crippen molar-refractivity contribution in [2.45, 2.75) is 30.9 Å². The molecule has 0 heterocycles. The molecule has 0 aliphatic rings. The summed E-state index contributed by atoms with van der Waals surface area (Å²) in [5.41, 5.74) is 0.463. The molecule has 0 spiro atoms. The summed E-state index contributed by atoms with van der Waals surface area (Å²) in [6, 6.07) is 4.50. The lowest BCUT2D eigenvalue weighted by Crippen LogP contribution is -2.38. The molecule has 5 nitrogen and oxygen atoms in total. The van der Waals surface area contributed by atoms with Gasteiger partial charge >= 0.3 is 0 Å². The highest BCUT2D eigenvalue weighted by molar-refractivity contribution is 7.98. The summed E-state index contributed by atoms with van der Waals surface area (Å²) >= 11 is 1.62. The standard InChI is InChI=1S/C14H23NO4S2/c1-5-12(10-20-4)15(2)21(17,18)13-6-7-14(19-3)11(8-13)9-16/h6-8,12,16H,5,9-10H2,1-4H3. The molecule has 1 aromatic rings. The van der Waals surface area contributed by atoms with Crippen LogP contribution in [-0.2, 0) is 16.6 Å². The van der Waals surface area contributed by atoms with Crippen LogP contribution in [0.2, 0.25) is 0 Å². The van der Waals surface area contributed by atoms with Gasteiger partial charge in [0.15, 0.2) is 0 Å². The number of hydrogen-bond donors (Lipinski definition) is 1. The minimum Gasteiger partial charge on any atom is -0.496 e. The lowest BCUT2D eigenvalue weighted by Gasteiger charge is -2.26. The topological polar surface area (TPSA) is 66.8 Å². The summed E-state index contributed by atoms with van der Waals surface area (Å²) in [4.78, 5) is 0.175. The molecule has 0 aliphatic carbocycles. The second-order valence-corrected chi connectivity index (χ2v) is 7.58. The zero-order valence-corrected chi connectivity index (χ0v) is 14.5. The van der Waals surface area contributed by atoms with Gasteiger partial charge in [-0.15, -0.1) is 0 Å². The van der Waals surface area contributed by atoms with Crippen LogP contribution in [0, 0.1) is 0 Å². The van der Waals surface area contributed by atoms with E-state index in [1.165, 1.54) is 23.5 Å². The van der Waals surface area contributed by atoms with Crippen LogP contribution in [0.15, 0.2) is 23.1 Å². The third-order valence-corrected chi connectivity index (χ3v) is 6.07. The highest BCUT2D eigenvalue weighted by Crippen LogP contribution is 2.25. The van der Waals surface area contributed by atoms with Crippen molar-refractivity contribution in [1.82, 2.24) is 4.31 Å². The quantitative estimate of drug-likeness (QED) is 0.787. The summed E-state index contributed by atoms with van der Waals surface area (Å²) in [7, 11) is -0.490. The van der Waals surface area contributed by atoms with Gasteiger partial charge in [0.2, 0.25) is 10.0 Å². The number of rotatable bonds is 8. The molecule has 0 saturated heterocycles. The third-order valence-electron chi connectivity index (χ3n) is 3.44. The van der Waals surface area contributed by atoms with E-state index in [1.54, 1.807) is 24.9 Å². The summed E-state index contributed by atoms with van der Waals surface area (Å²) in [6.45, 7) is 1.71. The minimum atomic E-state index is -3.58. The Hall–Kier alpha value is -0.760. The number of aliphatic hydroxyl groups excluding tert-OH is 1. The Morgan fingerprint density at radius 1 is 1.43 bits per heavy atom. The number of thioether (sulfide) groups is 1. The highest BCUT2D eigenvalue weighted by atomic mass is 32.2. The zero-order valence-electron chi connectivity index (χ0n) is 12.9. The van der Waals surface area contributed by atoms with Gasteiger partial charge in [0.25, 0.3) is 0 Å². The number of aliphatic hydroxyl groups is 1. The van der Waals surface area contributed by atoms with Gasteiger partial charge in [-0.25, -0.2) is 8.42 Å². The first-order valence-electron chi connectivity index (χ1n) is 6.67. The molecular weight excluding hydrogens is 310 g/mol. The van der Waals surface area contributed by atoms with Crippen molar-refractivity contribution in [1.29, 1.82) is 0 Å². The van der Waals surface area contributed by atoms with E-state index in [0.29, 0.717) is 11.3 Å². The fraction of sp³-hybridized carbons (Fsp3) is 0.571. The monoisotopic (exact) mass is 333 g/mol. The van der Waals surface area contributed by atoms with Crippen LogP contribution in [0.5, 0.6) is 5.75 Å². The molecule has 1 rings (SSSR count). The van der Waals surface area contributed by atoms with E-state index in [4.69, 9.17) is 4.74 Å². The summed E-state index contributed by atoms with van der Waals surface area (Å²) in [5.74, 6) is 1.23. The Labute approximate surface area is 131 Å². The van der Waals surface area contributed by atoms with Crippen molar-refractivity contribution in [3.05, 3.63) is 23.8 Å². The molecule has 1 unspecified atom stereocenters. The van der Waals surface area contributed by atoms with Gasteiger partial charge in [-0.05, 0) is 30.9 Å². The maximum Gasteiger partial charge on any atom is 0.243 e. The van der Waals surface area contributed by atoms with E-state index in [0.717, 1.165) is 12.2 Å². The van der Waals surface area contributed by atoms with E-state index in [1.807, 2.05) is 13.2 Å². The number of benzene rings is 1. The Balaban J connectivity index is 3.18. The van der Waals surface area contributed by atoms with Crippen LogP contribution in [0.3, 0.4) is 0 Å². The predicted molar refractivity (Wildman–Crippen MR) is 86.3 cm³/mol. The van der Waals surface area contributed by atoms with Crippen LogP contribution >= 0.6 is 11.8 Å². The number of ether oxygens (including phenoxy) is 1. The molecule has 0 bridgehead atoms. The van der Waals surface area contributed by atoms with E-state index in [-0.39, 0.29) is 17.5 Å². The Morgan fingerprint density at radius 2 is 2.10 bits per heavy atom. The molecular formula is C14H23NO4S2. The number of sulfonamides is 1. The first-order chi connectivity index (χ1) is 9.92. The molecule has 0 aromatic heterocycles. The van der Waals surface area contributed by atoms with Gasteiger partial charge in [-0.2, -0.15) is 16.1 Å². The van der Waals surface area contributed by atoms with Crippen molar-refractivity contribution in [3.8, 4) is 5.75 Å². The summed E-state index contributed by atoms with van der Waals surface area (Å²) in [5, 5.41) is 9.33. The van der Waals surface area contributed by atoms with Crippen LogP contribution < -0.4 is 4.74 Å². The van der Waals surface area contributed by atoms with Crippen molar-refractivity contribution in [2.75, 3.05) is 26.2 Å². The van der Waals surface area contributed by atoms with E-state index in [2.05, 4.69) is 0 Å². The maximum absolute atomic E-state index is 12.7. The fourth-order valence-corrected chi connectivity index (χ4v) is 4.49. The van der Waals surface area contributed by atoms with Crippen molar-refractivity contribution in [3.63, 3.8) is 0 Å². The number of hydrogen-bond acceptors (Lipinski definition) is 5. The molecule has 0 saturated carbocycles. The third kappa shape index (κ3) is 4.12. The minimum absolute atomic E-state index is 0.0512. The first kappa shape index (κ1) is 18.3. The highest BCUT2D eigenvalue weighted by Gasteiger charge is 2.27. The predicted octanol–water partition coefficient (Wildman–Crippen LogP) is 1.95. The lowest BCUT2D eigenvalue weighted by atomic mass is 10.2. The molecule has 0 amide bonds. The Morgan fingerprint density at radius 3 is 2.57 bits per heavy atom. The van der Waals surface area contributed by atoms with Gasteiger partial charge in [0, 0.05) is 24.4 Å². The second-order valence-electron chi connectivity index (χ2n) is 4.67. The van der Waals surface area contributed by atoms with Crippen LogP contribution in [0.1, 0.15) is 18.9 Å². The summed E-state index contributed by atoms with van der Waals surface area (Å²) < 4.78 is 31.8. The molecule has 7 heteroatoms. The zero-order chi connectivity index (χ0) is 16.0.